The van der Waals surface area contributed by atoms with E-state index in [9.17, 15) is 12.8 Å². The normalized spacial score (nSPS) is 10.8. The van der Waals surface area contributed by atoms with Gasteiger partial charge in [-0.2, -0.15) is 5.26 Å². The molecule has 5 nitrogen and oxygen atoms in total. The van der Waals surface area contributed by atoms with Gasteiger partial charge in [-0.1, -0.05) is 0 Å². The Morgan fingerprint density at radius 1 is 1.14 bits per heavy atom. The number of hydrogen-bond donors (Lipinski definition) is 1. The van der Waals surface area contributed by atoms with Crippen molar-refractivity contribution in [2.24, 2.45) is 0 Å². The van der Waals surface area contributed by atoms with E-state index < -0.39 is 15.8 Å². The number of nitrogens with zero attached hydrogens (tertiary/aromatic N) is 2. The Bertz CT molecular complexity index is 825. The highest BCUT2D eigenvalue weighted by molar-refractivity contribution is 7.92. The second-order valence-electron chi connectivity index (χ2n) is 4.80. The molecule has 1 N–H and O–H groups in total. The molecule has 0 fully saturated rings. The predicted octanol–water partition coefficient (Wildman–Crippen LogP) is 2.56. The molecule has 0 saturated carbocycles. The first-order chi connectivity index (χ1) is 10.3. The van der Waals surface area contributed by atoms with E-state index in [-0.39, 0.29) is 10.5 Å². The van der Waals surface area contributed by atoms with Crippen LogP contribution in [0, 0.1) is 17.1 Å². The zero-order valence-electron chi connectivity index (χ0n) is 12.0. The molecule has 0 aromatic heterocycles. The van der Waals surface area contributed by atoms with E-state index in [1.165, 1.54) is 0 Å². The minimum Gasteiger partial charge on any atom is -0.378 e. The number of hydrogen-bond acceptors (Lipinski definition) is 4. The van der Waals surface area contributed by atoms with Crippen molar-refractivity contribution in [3.05, 3.63) is 53.8 Å². The molecule has 0 unspecified atom stereocenters. The summed E-state index contributed by atoms with van der Waals surface area (Å²) >= 11 is 0. The molecule has 0 atom stereocenters. The maximum atomic E-state index is 13.3. The smallest absolute Gasteiger partial charge is 0.261 e. The Labute approximate surface area is 128 Å². The molecular weight excluding hydrogens is 305 g/mol. The lowest BCUT2D eigenvalue weighted by atomic mass is 10.2. The lowest BCUT2D eigenvalue weighted by molar-refractivity contribution is 0.599. The largest absolute Gasteiger partial charge is 0.378 e. The van der Waals surface area contributed by atoms with E-state index in [0.29, 0.717) is 5.69 Å². The molecule has 0 aliphatic rings. The van der Waals surface area contributed by atoms with E-state index in [1.807, 2.05) is 19.0 Å². The van der Waals surface area contributed by atoms with Gasteiger partial charge in [-0.15, -0.1) is 0 Å². The number of benzene rings is 2. The van der Waals surface area contributed by atoms with Crippen LogP contribution in [0.25, 0.3) is 0 Å². The number of sulfonamides is 1. The van der Waals surface area contributed by atoms with Crippen LogP contribution in [0.5, 0.6) is 0 Å². The van der Waals surface area contributed by atoms with Gasteiger partial charge in [0.1, 0.15) is 11.9 Å². The van der Waals surface area contributed by atoms with Crippen molar-refractivity contribution in [1.82, 2.24) is 0 Å². The first-order valence-electron chi connectivity index (χ1n) is 6.33. The van der Waals surface area contributed by atoms with Crippen LogP contribution in [0.3, 0.4) is 0 Å². The SMILES string of the molecule is CN(C)c1ccc(NS(=O)(=O)c2ccc(F)c(C#N)c2)cc1. The van der Waals surface area contributed by atoms with Crippen LogP contribution in [0.1, 0.15) is 5.56 Å². The highest BCUT2D eigenvalue weighted by Gasteiger charge is 2.16. The van der Waals surface area contributed by atoms with Crippen molar-refractivity contribution in [2.75, 3.05) is 23.7 Å². The average Bonchev–Trinajstić information content (AvgIpc) is 2.47. The van der Waals surface area contributed by atoms with Crippen LogP contribution in [-0.4, -0.2) is 22.5 Å². The first kappa shape index (κ1) is 15.8. The molecule has 114 valence electrons. The Morgan fingerprint density at radius 3 is 2.32 bits per heavy atom. The number of halogens is 1. The van der Waals surface area contributed by atoms with Gasteiger partial charge in [0.15, 0.2) is 0 Å². The second kappa shape index (κ2) is 6.03. The van der Waals surface area contributed by atoms with Gasteiger partial charge in [0.25, 0.3) is 10.0 Å². The molecule has 2 aromatic carbocycles. The first-order valence-corrected chi connectivity index (χ1v) is 7.81. The fourth-order valence-corrected chi connectivity index (χ4v) is 2.88. The van der Waals surface area contributed by atoms with Gasteiger partial charge in [0, 0.05) is 25.5 Å². The van der Waals surface area contributed by atoms with Gasteiger partial charge in [-0.3, -0.25) is 4.72 Å². The van der Waals surface area contributed by atoms with Gasteiger partial charge >= 0.3 is 0 Å². The van der Waals surface area contributed by atoms with E-state index in [0.717, 1.165) is 23.9 Å². The topological polar surface area (TPSA) is 73.2 Å². The number of rotatable bonds is 4. The van der Waals surface area contributed by atoms with Crippen molar-refractivity contribution >= 4 is 21.4 Å². The molecular formula is C15H14FN3O2S. The Morgan fingerprint density at radius 2 is 1.77 bits per heavy atom. The summed E-state index contributed by atoms with van der Waals surface area (Å²) in [6.07, 6.45) is 0. The summed E-state index contributed by atoms with van der Waals surface area (Å²) in [6, 6.07) is 11.5. The molecule has 2 aromatic rings. The Balaban J connectivity index is 2.30. The Kier molecular flexibility index (Phi) is 4.33. The fourth-order valence-electron chi connectivity index (χ4n) is 1.80. The molecule has 22 heavy (non-hydrogen) atoms. The lowest BCUT2D eigenvalue weighted by Gasteiger charge is -2.13. The number of nitriles is 1. The minimum atomic E-state index is -3.88. The van der Waals surface area contributed by atoms with Crippen molar-refractivity contribution in [1.29, 1.82) is 5.26 Å². The molecule has 2 rings (SSSR count). The van der Waals surface area contributed by atoms with Gasteiger partial charge in [0.05, 0.1) is 10.5 Å². The van der Waals surface area contributed by atoms with Gasteiger partial charge in [-0.05, 0) is 42.5 Å². The van der Waals surface area contributed by atoms with Gasteiger partial charge < -0.3 is 4.90 Å². The summed E-state index contributed by atoms with van der Waals surface area (Å²) in [6.45, 7) is 0. The van der Waals surface area contributed by atoms with E-state index >= 15 is 0 Å². The number of nitrogens with one attached hydrogen (secondary N) is 1. The quantitative estimate of drug-likeness (QED) is 0.940. The van der Waals surface area contributed by atoms with Crippen molar-refractivity contribution in [3.8, 4) is 6.07 Å². The van der Waals surface area contributed by atoms with Gasteiger partial charge in [-0.25, -0.2) is 12.8 Å². The molecule has 0 aliphatic heterocycles. The third-order valence-electron chi connectivity index (χ3n) is 3.00. The highest BCUT2D eigenvalue weighted by Crippen LogP contribution is 2.20. The summed E-state index contributed by atoms with van der Waals surface area (Å²) in [7, 11) is -0.125. The Hall–Kier alpha value is -2.59. The zero-order chi connectivity index (χ0) is 16.3. The van der Waals surface area contributed by atoms with E-state index in [1.54, 1.807) is 30.3 Å². The maximum absolute atomic E-state index is 13.3. The summed E-state index contributed by atoms with van der Waals surface area (Å²) in [4.78, 5) is 1.72. The molecule has 0 bridgehead atoms. The highest BCUT2D eigenvalue weighted by atomic mass is 32.2. The standard InChI is InChI=1S/C15H14FN3O2S/c1-19(2)13-5-3-12(4-6-13)18-22(20,21)14-7-8-15(16)11(9-14)10-17/h3-9,18H,1-2H3. The molecule has 0 radical (unpaired) electrons. The molecule has 0 saturated heterocycles. The summed E-state index contributed by atoms with van der Waals surface area (Å²) < 4.78 is 40.1. The fraction of sp³-hybridized carbons (Fsp3) is 0.133. The van der Waals surface area contributed by atoms with Crippen molar-refractivity contribution in [2.45, 2.75) is 4.90 Å². The molecule has 0 aliphatic carbocycles. The van der Waals surface area contributed by atoms with Crippen molar-refractivity contribution < 1.29 is 12.8 Å². The molecule has 0 spiro atoms. The van der Waals surface area contributed by atoms with Crippen LogP contribution in [0.2, 0.25) is 0 Å². The predicted molar refractivity (Wildman–Crippen MR) is 82.7 cm³/mol. The summed E-state index contributed by atoms with van der Waals surface area (Å²) in [5, 5.41) is 8.77. The van der Waals surface area contributed by atoms with Crippen LogP contribution < -0.4 is 9.62 Å². The van der Waals surface area contributed by atoms with E-state index in [2.05, 4.69) is 4.72 Å². The molecule has 0 heterocycles. The van der Waals surface area contributed by atoms with Crippen LogP contribution in [0.4, 0.5) is 15.8 Å². The third-order valence-corrected chi connectivity index (χ3v) is 4.38. The summed E-state index contributed by atoms with van der Waals surface area (Å²) in [5.74, 6) is -0.753. The van der Waals surface area contributed by atoms with Gasteiger partial charge in [0.2, 0.25) is 0 Å². The average molecular weight is 319 g/mol. The third kappa shape index (κ3) is 3.35. The molecule has 0 amide bonds. The lowest BCUT2D eigenvalue weighted by Crippen LogP contribution is -2.14. The minimum absolute atomic E-state index is 0.165. The van der Waals surface area contributed by atoms with E-state index in [4.69, 9.17) is 5.26 Å². The van der Waals surface area contributed by atoms with Crippen LogP contribution in [-0.2, 0) is 10.0 Å². The molecule has 7 heteroatoms. The second-order valence-corrected chi connectivity index (χ2v) is 6.48. The number of anilines is 2. The monoisotopic (exact) mass is 319 g/mol. The maximum Gasteiger partial charge on any atom is 0.261 e. The summed E-state index contributed by atoms with van der Waals surface area (Å²) in [5.41, 5.74) is 0.996. The zero-order valence-corrected chi connectivity index (χ0v) is 12.9. The van der Waals surface area contributed by atoms with Crippen LogP contribution >= 0.6 is 0 Å². The van der Waals surface area contributed by atoms with Crippen molar-refractivity contribution in [3.63, 3.8) is 0 Å². The van der Waals surface area contributed by atoms with Crippen LogP contribution in [0.15, 0.2) is 47.4 Å².